The van der Waals surface area contributed by atoms with Gasteiger partial charge in [0.1, 0.15) is 17.1 Å². The van der Waals surface area contributed by atoms with E-state index in [2.05, 4.69) is 60.7 Å². The van der Waals surface area contributed by atoms with E-state index in [1.54, 1.807) is 20.3 Å². The zero-order valence-electron chi connectivity index (χ0n) is 20.0. The molecule has 0 amide bonds. The molecule has 4 heteroatoms. The largest absolute Gasteiger partial charge is 0.497 e. The average Bonchev–Trinajstić information content (AvgIpc) is 2.89. The molecule has 4 aromatic rings. The van der Waals surface area contributed by atoms with Gasteiger partial charge in [0.2, 0.25) is 0 Å². The minimum atomic E-state index is -0.396. The quantitative estimate of drug-likeness (QED) is 0.282. The SMILES string of the molecule is COC(=O)c1ccc(CCc2cc(CCc3ccc4ccccc4c3)cc(OC)c2)cc1OC. The first-order valence-electron chi connectivity index (χ1n) is 11.5. The summed E-state index contributed by atoms with van der Waals surface area (Å²) in [4.78, 5) is 11.9. The predicted octanol–water partition coefficient (Wildman–Crippen LogP) is 6.21. The van der Waals surface area contributed by atoms with Gasteiger partial charge in [-0.05, 0) is 83.0 Å². The van der Waals surface area contributed by atoms with Crippen LogP contribution in [0.15, 0.2) is 78.9 Å². The molecule has 0 aliphatic carbocycles. The van der Waals surface area contributed by atoms with Crippen LogP contribution in [0.3, 0.4) is 0 Å². The molecule has 4 rings (SSSR count). The van der Waals surface area contributed by atoms with E-state index in [1.807, 2.05) is 12.1 Å². The first-order chi connectivity index (χ1) is 16.6. The van der Waals surface area contributed by atoms with Crippen molar-refractivity contribution in [3.63, 3.8) is 0 Å². The topological polar surface area (TPSA) is 44.8 Å². The molecule has 4 nitrogen and oxygen atoms in total. The number of hydrogen-bond donors (Lipinski definition) is 0. The second-order valence-electron chi connectivity index (χ2n) is 8.40. The first-order valence-corrected chi connectivity index (χ1v) is 11.5. The van der Waals surface area contributed by atoms with Crippen LogP contribution in [-0.2, 0) is 30.4 Å². The summed E-state index contributed by atoms with van der Waals surface area (Å²) >= 11 is 0. The molecule has 0 heterocycles. The highest BCUT2D eigenvalue weighted by Gasteiger charge is 2.13. The molecule has 0 N–H and O–H groups in total. The second-order valence-corrected chi connectivity index (χ2v) is 8.40. The lowest BCUT2D eigenvalue weighted by molar-refractivity contribution is 0.0597. The predicted molar refractivity (Wildman–Crippen MR) is 136 cm³/mol. The molecule has 0 saturated heterocycles. The van der Waals surface area contributed by atoms with Gasteiger partial charge in [0.15, 0.2) is 0 Å². The number of aryl methyl sites for hydroxylation is 4. The summed E-state index contributed by atoms with van der Waals surface area (Å²) in [6.07, 6.45) is 3.61. The molecule has 0 spiro atoms. The molecule has 0 aromatic heterocycles. The normalized spacial score (nSPS) is 10.8. The number of methoxy groups -OCH3 is 3. The molecule has 34 heavy (non-hydrogen) atoms. The van der Waals surface area contributed by atoms with Crippen molar-refractivity contribution in [3.8, 4) is 11.5 Å². The monoisotopic (exact) mass is 454 g/mol. The van der Waals surface area contributed by atoms with E-state index in [-0.39, 0.29) is 0 Å². The highest BCUT2D eigenvalue weighted by atomic mass is 16.5. The molecule has 0 aliphatic rings. The van der Waals surface area contributed by atoms with Crippen molar-refractivity contribution in [3.05, 3.63) is 107 Å². The van der Waals surface area contributed by atoms with Crippen molar-refractivity contribution in [1.82, 2.24) is 0 Å². The molecule has 0 aliphatic heterocycles. The number of esters is 1. The Kier molecular flexibility index (Phi) is 7.48. The van der Waals surface area contributed by atoms with Crippen molar-refractivity contribution in [2.45, 2.75) is 25.7 Å². The minimum Gasteiger partial charge on any atom is -0.497 e. The molecule has 4 aromatic carbocycles. The summed E-state index contributed by atoms with van der Waals surface area (Å²) in [5.74, 6) is 1.02. The van der Waals surface area contributed by atoms with Crippen molar-refractivity contribution < 1.29 is 19.0 Å². The Hall–Kier alpha value is -3.79. The third-order valence-electron chi connectivity index (χ3n) is 6.15. The van der Waals surface area contributed by atoms with Crippen LogP contribution in [0.4, 0.5) is 0 Å². The van der Waals surface area contributed by atoms with Gasteiger partial charge in [-0.25, -0.2) is 4.79 Å². The maximum atomic E-state index is 11.9. The number of benzene rings is 4. The van der Waals surface area contributed by atoms with Gasteiger partial charge in [0.05, 0.1) is 21.3 Å². The van der Waals surface area contributed by atoms with Crippen LogP contribution in [0, 0.1) is 0 Å². The summed E-state index contributed by atoms with van der Waals surface area (Å²) in [5, 5.41) is 2.55. The van der Waals surface area contributed by atoms with Crippen LogP contribution in [-0.4, -0.2) is 27.3 Å². The van der Waals surface area contributed by atoms with Crippen LogP contribution in [0.5, 0.6) is 11.5 Å². The molecule has 0 unspecified atom stereocenters. The number of rotatable bonds is 9. The van der Waals surface area contributed by atoms with Gasteiger partial charge >= 0.3 is 5.97 Å². The van der Waals surface area contributed by atoms with E-state index in [0.29, 0.717) is 11.3 Å². The molecular weight excluding hydrogens is 424 g/mol. The zero-order valence-corrected chi connectivity index (χ0v) is 20.0. The Morgan fingerprint density at radius 1 is 0.618 bits per heavy atom. The molecular formula is C30H30O4. The Bertz CT molecular complexity index is 1290. The summed E-state index contributed by atoms with van der Waals surface area (Å²) in [7, 11) is 4.65. The smallest absolute Gasteiger partial charge is 0.341 e. The van der Waals surface area contributed by atoms with Crippen LogP contribution in [0.2, 0.25) is 0 Å². The van der Waals surface area contributed by atoms with E-state index in [9.17, 15) is 4.79 Å². The van der Waals surface area contributed by atoms with E-state index in [1.165, 1.54) is 34.6 Å². The lowest BCUT2D eigenvalue weighted by Crippen LogP contribution is -2.05. The first kappa shape index (κ1) is 23.4. The number of fused-ring (bicyclic) bond motifs is 1. The summed E-state index contributed by atoms with van der Waals surface area (Å²) in [5.41, 5.74) is 5.36. The molecule has 174 valence electrons. The van der Waals surface area contributed by atoms with Crippen molar-refractivity contribution in [1.29, 1.82) is 0 Å². The van der Waals surface area contributed by atoms with Crippen LogP contribution in [0.1, 0.15) is 32.6 Å². The van der Waals surface area contributed by atoms with Gasteiger partial charge in [0, 0.05) is 0 Å². The zero-order chi connectivity index (χ0) is 23.9. The fourth-order valence-electron chi connectivity index (χ4n) is 4.28. The maximum Gasteiger partial charge on any atom is 0.341 e. The van der Waals surface area contributed by atoms with Crippen molar-refractivity contribution in [2.75, 3.05) is 21.3 Å². The fourth-order valence-corrected chi connectivity index (χ4v) is 4.28. The van der Waals surface area contributed by atoms with E-state index in [4.69, 9.17) is 14.2 Å². The summed E-state index contributed by atoms with van der Waals surface area (Å²) < 4.78 is 15.8. The van der Waals surface area contributed by atoms with Gasteiger partial charge in [-0.3, -0.25) is 0 Å². The van der Waals surface area contributed by atoms with Crippen LogP contribution in [0.25, 0.3) is 10.8 Å². The number of carbonyl (C=O) groups is 1. The van der Waals surface area contributed by atoms with Crippen LogP contribution >= 0.6 is 0 Å². The lowest BCUT2D eigenvalue weighted by Gasteiger charge is -2.12. The molecule has 0 bridgehead atoms. The summed E-state index contributed by atoms with van der Waals surface area (Å²) in [6.45, 7) is 0. The highest BCUT2D eigenvalue weighted by molar-refractivity contribution is 5.92. The minimum absolute atomic E-state index is 0.396. The Balaban J connectivity index is 1.46. The van der Waals surface area contributed by atoms with E-state index >= 15 is 0 Å². The maximum absolute atomic E-state index is 11.9. The molecule has 0 saturated carbocycles. The molecule has 0 atom stereocenters. The third kappa shape index (κ3) is 5.57. The van der Waals surface area contributed by atoms with Gasteiger partial charge in [0.25, 0.3) is 0 Å². The molecule has 0 fully saturated rings. The van der Waals surface area contributed by atoms with Crippen molar-refractivity contribution >= 4 is 16.7 Å². The van der Waals surface area contributed by atoms with E-state index < -0.39 is 5.97 Å². The summed E-state index contributed by atoms with van der Waals surface area (Å²) in [6, 6.07) is 27.3. The van der Waals surface area contributed by atoms with Gasteiger partial charge in [-0.2, -0.15) is 0 Å². The van der Waals surface area contributed by atoms with Gasteiger partial charge in [-0.15, -0.1) is 0 Å². The number of ether oxygens (including phenoxy) is 3. The van der Waals surface area contributed by atoms with Gasteiger partial charge < -0.3 is 14.2 Å². The lowest BCUT2D eigenvalue weighted by atomic mass is 9.97. The van der Waals surface area contributed by atoms with Gasteiger partial charge in [-0.1, -0.05) is 54.6 Å². The van der Waals surface area contributed by atoms with Crippen molar-refractivity contribution in [2.24, 2.45) is 0 Å². The third-order valence-corrected chi connectivity index (χ3v) is 6.15. The van der Waals surface area contributed by atoms with E-state index in [0.717, 1.165) is 37.0 Å². The average molecular weight is 455 g/mol. The molecule has 0 radical (unpaired) electrons. The Morgan fingerprint density at radius 3 is 1.88 bits per heavy atom. The number of carbonyl (C=O) groups excluding carboxylic acids is 1. The number of hydrogen-bond acceptors (Lipinski definition) is 4. The highest BCUT2D eigenvalue weighted by Crippen LogP contribution is 2.24. The Labute approximate surface area is 201 Å². The Morgan fingerprint density at radius 2 is 1.24 bits per heavy atom. The fraction of sp³-hybridized carbons (Fsp3) is 0.233. The standard InChI is InChI=1S/C30H30O4/c1-32-27-18-23(10-8-21-12-14-25-6-4-5-7-26(25)17-21)16-24(19-27)11-9-22-13-15-28(30(31)34-3)29(20-22)33-2/h4-7,12-20H,8-11H2,1-3H3. The van der Waals surface area contributed by atoms with Crippen LogP contribution < -0.4 is 9.47 Å². The second kappa shape index (κ2) is 10.9.